The van der Waals surface area contributed by atoms with E-state index in [4.69, 9.17) is 5.11 Å². The summed E-state index contributed by atoms with van der Waals surface area (Å²) in [5.41, 5.74) is 0.246. The fourth-order valence-corrected chi connectivity index (χ4v) is 2.14. The van der Waals surface area contributed by atoms with Crippen LogP contribution in [0.15, 0.2) is 18.3 Å². The number of carboxylic acids is 1. The van der Waals surface area contributed by atoms with Crippen LogP contribution >= 0.6 is 0 Å². The van der Waals surface area contributed by atoms with Crippen molar-refractivity contribution in [2.24, 2.45) is 0 Å². The van der Waals surface area contributed by atoms with Crippen LogP contribution in [0.1, 0.15) is 24.2 Å². The van der Waals surface area contributed by atoms with E-state index < -0.39 is 5.97 Å². The van der Waals surface area contributed by atoms with Crippen LogP contribution in [0.2, 0.25) is 0 Å². The van der Waals surface area contributed by atoms with Crippen molar-refractivity contribution in [1.29, 1.82) is 0 Å². The first kappa shape index (κ1) is 11.9. The predicted octanol–water partition coefficient (Wildman–Crippen LogP) is 0.968. The molecule has 0 bridgehead atoms. The molecule has 1 aliphatic rings. The lowest BCUT2D eigenvalue weighted by atomic mass is 10.0. The van der Waals surface area contributed by atoms with Gasteiger partial charge in [-0.15, -0.1) is 0 Å². The van der Waals surface area contributed by atoms with Crippen LogP contribution in [0, 0.1) is 0 Å². The molecule has 1 fully saturated rings. The van der Waals surface area contributed by atoms with Gasteiger partial charge in [0.25, 0.3) is 0 Å². The largest absolute Gasteiger partial charge is 0.478 e. The fourth-order valence-electron chi connectivity index (χ4n) is 2.14. The van der Waals surface area contributed by atoms with Gasteiger partial charge in [-0.1, -0.05) is 0 Å². The Labute approximate surface area is 100 Å². The number of nitrogens with zero attached hydrogens (tertiary/aromatic N) is 2. The summed E-state index contributed by atoms with van der Waals surface area (Å²) >= 11 is 0. The minimum atomic E-state index is -0.926. The zero-order valence-electron chi connectivity index (χ0n) is 10.1. The average Bonchev–Trinajstić information content (AvgIpc) is 2.27. The highest BCUT2D eigenvalue weighted by Gasteiger charge is 2.28. The summed E-state index contributed by atoms with van der Waals surface area (Å²) in [5, 5.41) is 12.5. The molecule has 0 atom stereocenters. The number of piperazine rings is 1. The maximum atomic E-state index is 11.1. The molecule has 92 valence electrons. The first-order valence-electron chi connectivity index (χ1n) is 5.68. The number of hydrogen-bond acceptors (Lipinski definition) is 4. The minimum Gasteiger partial charge on any atom is -0.478 e. The molecule has 0 amide bonds. The van der Waals surface area contributed by atoms with Crippen LogP contribution in [0.25, 0.3) is 0 Å². The van der Waals surface area contributed by atoms with Crippen LogP contribution in [-0.2, 0) is 0 Å². The molecule has 5 heteroatoms. The van der Waals surface area contributed by atoms with E-state index in [1.807, 2.05) is 4.90 Å². The summed E-state index contributed by atoms with van der Waals surface area (Å²) < 4.78 is 0. The first-order chi connectivity index (χ1) is 7.99. The Bertz CT molecular complexity index is 432. The van der Waals surface area contributed by atoms with E-state index in [0.717, 1.165) is 19.6 Å². The lowest BCUT2D eigenvalue weighted by Crippen LogP contribution is -2.57. The van der Waals surface area contributed by atoms with Gasteiger partial charge in [0.1, 0.15) is 11.4 Å². The number of aromatic nitrogens is 1. The van der Waals surface area contributed by atoms with Crippen molar-refractivity contribution in [3.63, 3.8) is 0 Å². The Morgan fingerprint density at radius 2 is 2.35 bits per heavy atom. The van der Waals surface area contributed by atoms with Crippen molar-refractivity contribution < 1.29 is 9.90 Å². The Morgan fingerprint density at radius 3 is 3.00 bits per heavy atom. The summed E-state index contributed by atoms with van der Waals surface area (Å²) in [4.78, 5) is 17.4. The number of pyridine rings is 1. The molecule has 0 unspecified atom stereocenters. The van der Waals surface area contributed by atoms with Crippen molar-refractivity contribution >= 4 is 11.8 Å². The number of carboxylic acid groups (broad SMARTS) is 1. The summed E-state index contributed by atoms with van der Waals surface area (Å²) in [6.07, 6.45) is 1.64. The number of nitrogens with one attached hydrogen (secondary N) is 1. The van der Waals surface area contributed by atoms with Gasteiger partial charge < -0.3 is 15.3 Å². The maximum Gasteiger partial charge on any atom is 0.339 e. The van der Waals surface area contributed by atoms with Gasteiger partial charge >= 0.3 is 5.97 Å². The lowest BCUT2D eigenvalue weighted by Gasteiger charge is -2.40. The molecule has 1 aliphatic heterocycles. The SMILES string of the molecule is CC1(C)CN(c2ncccc2C(=O)O)CCN1. The van der Waals surface area contributed by atoms with Gasteiger partial charge in [0.05, 0.1) is 0 Å². The van der Waals surface area contributed by atoms with Crippen LogP contribution in [-0.4, -0.2) is 41.2 Å². The highest BCUT2D eigenvalue weighted by molar-refractivity contribution is 5.93. The van der Waals surface area contributed by atoms with Crippen LogP contribution in [0.3, 0.4) is 0 Å². The maximum absolute atomic E-state index is 11.1. The number of anilines is 1. The molecular formula is C12H17N3O2. The zero-order chi connectivity index (χ0) is 12.5. The molecule has 2 heterocycles. The number of hydrogen-bond donors (Lipinski definition) is 2. The molecule has 17 heavy (non-hydrogen) atoms. The summed E-state index contributed by atoms with van der Waals surface area (Å²) in [6, 6.07) is 3.25. The average molecular weight is 235 g/mol. The molecule has 2 rings (SSSR count). The Kier molecular flexibility index (Phi) is 3.02. The van der Waals surface area contributed by atoms with E-state index in [-0.39, 0.29) is 11.1 Å². The van der Waals surface area contributed by atoms with E-state index in [0.29, 0.717) is 5.82 Å². The molecule has 1 aromatic rings. The topological polar surface area (TPSA) is 65.5 Å². The predicted molar refractivity (Wildman–Crippen MR) is 65.5 cm³/mol. The van der Waals surface area contributed by atoms with Gasteiger partial charge in [0.2, 0.25) is 0 Å². The van der Waals surface area contributed by atoms with Crippen LogP contribution < -0.4 is 10.2 Å². The number of carbonyl (C=O) groups is 1. The second-order valence-corrected chi connectivity index (χ2v) is 4.91. The van der Waals surface area contributed by atoms with Gasteiger partial charge in [-0.05, 0) is 26.0 Å². The Morgan fingerprint density at radius 1 is 1.59 bits per heavy atom. The van der Waals surface area contributed by atoms with E-state index >= 15 is 0 Å². The Hall–Kier alpha value is -1.62. The van der Waals surface area contributed by atoms with E-state index in [1.165, 1.54) is 0 Å². The first-order valence-corrected chi connectivity index (χ1v) is 5.68. The highest BCUT2D eigenvalue weighted by Crippen LogP contribution is 2.21. The van der Waals surface area contributed by atoms with E-state index in [1.54, 1.807) is 18.3 Å². The second-order valence-electron chi connectivity index (χ2n) is 4.91. The molecular weight excluding hydrogens is 218 g/mol. The minimum absolute atomic E-state index is 0.0223. The summed E-state index contributed by atoms with van der Waals surface area (Å²) in [7, 11) is 0. The monoisotopic (exact) mass is 235 g/mol. The molecule has 0 aliphatic carbocycles. The van der Waals surface area contributed by atoms with Gasteiger partial charge in [0.15, 0.2) is 0 Å². The van der Waals surface area contributed by atoms with Gasteiger partial charge in [-0.2, -0.15) is 0 Å². The molecule has 0 aromatic carbocycles. The molecule has 1 saturated heterocycles. The smallest absolute Gasteiger partial charge is 0.339 e. The van der Waals surface area contributed by atoms with Crippen LogP contribution in [0.4, 0.5) is 5.82 Å². The van der Waals surface area contributed by atoms with Crippen molar-refractivity contribution in [2.45, 2.75) is 19.4 Å². The van der Waals surface area contributed by atoms with E-state index in [9.17, 15) is 4.79 Å². The lowest BCUT2D eigenvalue weighted by molar-refractivity contribution is 0.0697. The van der Waals surface area contributed by atoms with Gasteiger partial charge in [0, 0.05) is 31.4 Å². The van der Waals surface area contributed by atoms with Crippen molar-refractivity contribution in [3.8, 4) is 0 Å². The summed E-state index contributed by atoms with van der Waals surface area (Å²) in [5.74, 6) is -0.362. The van der Waals surface area contributed by atoms with E-state index in [2.05, 4.69) is 24.1 Å². The molecule has 5 nitrogen and oxygen atoms in total. The van der Waals surface area contributed by atoms with Crippen molar-refractivity contribution in [2.75, 3.05) is 24.5 Å². The summed E-state index contributed by atoms with van der Waals surface area (Å²) in [6.45, 7) is 6.57. The standard InChI is InChI=1S/C12H17N3O2/c1-12(2)8-15(7-6-14-12)10-9(11(16)17)4-3-5-13-10/h3-5,14H,6-8H2,1-2H3,(H,16,17). The van der Waals surface area contributed by atoms with Crippen molar-refractivity contribution in [3.05, 3.63) is 23.9 Å². The number of rotatable bonds is 2. The molecule has 0 saturated carbocycles. The Balaban J connectivity index is 2.30. The second kappa shape index (κ2) is 4.33. The molecule has 0 radical (unpaired) electrons. The fraction of sp³-hybridized carbons (Fsp3) is 0.500. The normalized spacial score (nSPS) is 19.1. The highest BCUT2D eigenvalue weighted by atomic mass is 16.4. The van der Waals surface area contributed by atoms with Gasteiger partial charge in [-0.3, -0.25) is 0 Å². The third kappa shape index (κ3) is 2.55. The third-order valence-electron chi connectivity index (χ3n) is 2.89. The quantitative estimate of drug-likeness (QED) is 0.799. The molecule has 2 N–H and O–H groups in total. The van der Waals surface area contributed by atoms with Crippen molar-refractivity contribution in [1.82, 2.24) is 10.3 Å². The van der Waals surface area contributed by atoms with Gasteiger partial charge in [-0.25, -0.2) is 9.78 Å². The zero-order valence-corrected chi connectivity index (χ0v) is 10.1. The molecule has 0 spiro atoms. The molecule has 1 aromatic heterocycles. The number of aromatic carboxylic acids is 1. The third-order valence-corrected chi connectivity index (χ3v) is 2.89. The van der Waals surface area contributed by atoms with Crippen LogP contribution in [0.5, 0.6) is 0 Å².